The Morgan fingerprint density at radius 2 is 1.86 bits per heavy atom. The number of nitrogens with zero attached hydrogens (tertiary/aromatic N) is 1. The number of para-hydroxylation sites is 2. The summed E-state index contributed by atoms with van der Waals surface area (Å²) in [5.74, 6) is -0.0310. The van der Waals surface area contributed by atoms with Gasteiger partial charge in [-0.15, -0.1) is 0 Å². The molecule has 0 saturated carbocycles. The van der Waals surface area contributed by atoms with Gasteiger partial charge < -0.3 is 14.8 Å². The zero-order valence-corrected chi connectivity index (χ0v) is 15.6. The average Bonchev–Trinajstić information content (AvgIpc) is 2.95. The second kappa shape index (κ2) is 6.99. The lowest BCUT2D eigenvalue weighted by Gasteiger charge is -2.27. The normalized spacial score (nSPS) is 18.6. The minimum atomic E-state index is -0.926. The SMILES string of the molecule is Cc1ccc2c(c1)C(=O)N([C@@H](C)C(=O)NC[C@@H]1COc3ccccc3O1)C2=O. The third-order valence-electron chi connectivity index (χ3n) is 4.91. The van der Waals surface area contributed by atoms with Crippen LogP contribution >= 0.6 is 0 Å². The van der Waals surface area contributed by atoms with E-state index in [1.165, 1.54) is 6.92 Å². The van der Waals surface area contributed by atoms with E-state index in [2.05, 4.69) is 5.32 Å². The summed E-state index contributed by atoms with van der Waals surface area (Å²) >= 11 is 0. The van der Waals surface area contributed by atoms with Crippen LogP contribution in [0, 0.1) is 6.92 Å². The Hall–Kier alpha value is -3.35. The molecule has 2 aromatic rings. The van der Waals surface area contributed by atoms with Crippen LogP contribution in [-0.2, 0) is 4.79 Å². The third-order valence-corrected chi connectivity index (χ3v) is 4.91. The number of hydrogen-bond acceptors (Lipinski definition) is 5. The molecule has 2 aromatic carbocycles. The molecular formula is C21H20N2O5. The first-order valence-corrected chi connectivity index (χ1v) is 9.10. The molecule has 3 amide bonds. The van der Waals surface area contributed by atoms with E-state index in [-0.39, 0.29) is 12.6 Å². The highest BCUT2D eigenvalue weighted by atomic mass is 16.6. The Morgan fingerprint density at radius 3 is 2.64 bits per heavy atom. The Morgan fingerprint density at radius 1 is 1.14 bits per heavy atom. The van der Waals surface area contributed by atoms with Crippen molar-refractivity contribution >= 4 is 17.7 Å². The maximum absolute atomic E-state index is 12.6. The molecule has 0 spiro atoms. The molecule has 2 aliphatic heterocycles. The molecule has 0 bridgehead atoms. The molecule has 0 fully saturated rings. The quantitative estimate of drug-likeness (QED) is 0.820. The fraction of sp³-hybridized carbons (Fsp3) is 0.286. The second-order valence-electron chi connectivity index (χ2n) is 6.95. The van der Waals surface area contributed by atoms with Crippen LogP contribution in [0.3, 0.4) is 0 Å². The average molecular weight is 380 g/mol. The van der Waals surface area contributed by atoms with Gasteiger partial charge in [0.25, 0.3) is 11.8 Å². The van der Waals surface area contributed by atoms with Crippen molar-refractivity contribution in [2.24, 2.45) is 0 Å². The minimum absolute atomic E-state index is 0.208. The van der Waals surface area contributed by atoms with Gasteiger partial charge in [0.15, 0.2) is 11.5 Å². The van der Waals surface area contributed by atoms with Crippen LogP contribution in [0.25, 0.3) is 0 Å². The lowest BCUT2D eigenvalue weighted by Crippen LogP contribution is -2.50. The number of nitrogens with one attached hydrogen (secondary N) is 1. The van der Waals surface area contributed by atoms with Crippen molar-refractivity contribution < 1.29 is 23.9 Å². The summed E-state index contributed by atoms with van der Waals surface area (Å²) in [4.78, 5) is 38.8. The maximum atomic E-state index is 12.6. The number of imide groups is 1. The van der Waals surface area contributed by atoms with Crippen molar-refractivity contribution in [3.05, 3.63) is 59.2 Å². The van der Waals surface area contributed by atoms with Gasteiger partial charge in [-0.05, 0) is 38.1 Å². The Labute approximate surface area is 162 Å². The van der Waals surface area contributed by atoms with E-state index in [1.807, 2.05) is 25.1 Å². The Kier molecular flexibility index (Phi) is 4.50. The van der Waals surface area contributed by atoms with E-state index < -0.39 is 23.8 Å². The predicted octanol–water partition coefficient (Wildman–Crippen LogP) is 1.94. The molecule has 2 aliphatic rings. The van der Waals surface area contributed by atoms with Gasteiger partial charge in [0.05, 0.1) is 17.7 Å². The number of ether oxygens (including phenoxy) is 2. The molecule has 0 aliphatic carbocycles. The van der Waals surface area contributed by atoms with Crippen LogP contribution in [0.1, 0.15) is 33.2 Å². The number of fused-ring (bicyclic) bond motifs is 2. The molecule has 0 saturated heterocycles. The van der Waals surface area contributed by atoms with E-state index in [9.17, 15) is 14.4 Å². The number of amides is 3. The summed E-state index contributed by atoms with van der Waals surface area (Å²) in [6.45, 7) is 3.90. The molecule has 2 atom stereocenters. The summed E-state index contributed by atoms with van der Waals surface area (Å²) in [6.07, 6.45) is -0.351. The number of aryl methyl sites for hydroxylation is 1. The molecule has 1 N–H and O–H groups in total. The predicted molar refractivity (Wildman–Crippen MR) is 101 cm³/mol. The largest absolute Gasteiger partial charge is 0.486 e. The fourth-order valence-electron chi connectivity index (χ4n) is 3.37. The van der Waals surface area contributed by atoms with Crippen LogP contribution in [0.4, 0.5) is 0 Å². The molecule has 4 rings (SSSR count). The van der Waals surface area contributed by atoms with Crippen molar-refractivity contribution in [2.75, 3.05) is 13.2 Å². The number of benzene rings is 2. The summed E-state index contributed by atoms with van der Waals surface area (Å²) in [7, 11) is 0. The molecule has 7 heteroatoms. The zero-order chi connectivity index (χ0) is 19.8. The standard InChI is InChI=1S/C21H20N2O5/c1-12-7-8-15-16(9-12)21(26)23(20(15)25)13(2)19(24)22-10-14-11-27-17-5-3-4-6-18(17)28-14/h3-9,13-14H,10-11H2,1-2H3,(H,22,24)/t13-,14+/m0/s1. The maximum Gasteiger partial charge on any atom is 0.262 e. The monoisotopic (exact) mass is 380 g/mol. The number of carbonyl (C=O) groups is 3. The van der Waals surface area contributed by atoms with E-state index in [1.54, 1.807) is 24.3 Å². The van der Waals surface area contributed by atoms with Crippen molar-refractivity contribution in [3.63, 3.8) is 0 Å². The molecule has 0 unspecified atom stereocenters. The summed E-state index contributed by atoms with van der Waals surface area (Å²) in [5, 5.41) is 2.75. The number of rotatable bonds is 4. The lowest BCUT2D eigenvalue weighted by molar-refractivity contribution is -0.125. The highest BCUT2D eigenvalue weighted by molar-refractivity contribution is 6.22. The van der Waals surface area contributed by atoms with Gasteiger partial charge in [-0.3, -0.25) is 19.3 Å². The fourth-order valence-corrected chi connectivity index (χ4v) is 3.37. The van der Waals surface area contributed by atoms with E-state index in [0.29, 0.717) is 29.2 Å². The van der Waals surface area contributed by atoms with Gasteiger partial charge in [0.1, 0.15) is 18.8 Å². The Balaban J connectivity index is 1.39. The van der Waals surface area contributed by atoms with Crippen molar-refractivity contribution in [1.82, 2.24) is 10.2 Å². The highest BCUT2D eigenvalue weighted by Gasteiger charge is 2.41. The lowest BCUT2D eigenvalue weighted by atomic mass is 10.1. The first kappa shape index (κ1) is 18.0. The smallest absolute Gasteiger partial charge is 0.262 e. The first-order chi connectivity index (χ1) is 13.5. The summed E-state index contributed by atoms with van der Waals surface area (Å²) in [5.41, 5.74) is 1.55. The van der Waals surface area contributed by atoms with Crippen LogP contribution < -0.4 is 14.8 Å². The highest BCUT2D eigenvalue weighted by Crippen LogP contribution is 2.30. The van der Waals surface area contributed by atoms with E-state index >= 15 is 0 Å². The first-order valence-electron chi connectivity index (χ1n) is 9.10. The Bertz CT molecular complexity index is 971. The van der Waals surface area contributed by atoms with Crippen LogP contribution in [0.15, 0.2) is 42.5 Å². The van der Waals surface area contributed by atoms with Crippen LogP contribution in [0.5, 0.6) is 11.5 Å². The topological polar surface area (TPSA) is 84.9 Å². The molecule has 0 aromatic heterocycles. The van der Waals surface area contributed by atoms with Crippen molar-refractivity contribution in [1.29, 1.82) is 0 Å². The summed E-state index contributed by atoms with van der Waals surface area (Å²) in [6, 6.07) is 11.5. The molecule has 0 radical (unpaired) electrons. The number of carbonyl (C=O) groups excluding carboxylic acids is 3. The molecule has 7 nitrogen and oxygen atoms in total. The van der Waals surface area contributed by atoms with Crippen LogP contribution in [-0.4, -0.2) is 47.9 Å². The van der Waals surface area contributed by atoms with Crippen molar-refractivity contribution in [3.8, 4) is 11.5 Å². The zero-order valence-electron chi connectivity index (χ0n) is 15.6. The molecule has 2 heterocycles. The van der Waals surface area contributed by atoms with Crippen LogP contribution in [0.2, 0.25) is 0 Å². The van der Waals surface area contributed by atoms with Gasteiger partial charge in [-0.1, -0.05) is 23.8 Å². The van der Waals surface area contributed by atoms with Gasteiger partial charge in [0, 0.05) is 0 Å². The molecule has 144 valence electrons. The van der Waals surface area contributed by atoms with E-state index in [4.69, 9.17) is 9.47 Å². The second-order valence-corrected chi connectivity index (χ2v) is 6.95. The minimum Gasteiger partial charge on any atom is -0.486 e. The number of hydrogen-bond donors (Lipinski definition) is 1. The van der Waals surface area contributed by atoms with Gasteiger partial charge >= 0.3 is 0 Å². The van der Waals surface area contributed by atoms with Gasteiger partial charge in [-0.25, -0.2) is 0 Å². The van der Waals surface area contributed by atoms with E-state index in [0.717, 1.165) is 10.5 Å². The third kappa shape index (κ3) is 3.09. The summed E-state index contributed by atoms with van der Waals surface area (Å²) < 4.78 is 11.4. The van der Waals surface area contributed by atoms with Gasteiger partial charge in [-0.2, -0.15) is 0 Å². The van der Waals surface area contributed by atoms with Gasteiger partial charge in [0.2, 0.25) is 5.91 Å². The van der Waals surface area contributed by atoms with Crippen molar-refractivity contribution in [2.45, 2.75) is 26.0 Å². The molecule has 28 heavy (non-hydrogen) atoms. The molecular weight excluding hydrogens is 360 g/mol.